The zero-order valence-electron chi connectivity index (χ0n) is 13.4. The van der Waals surface area contributed by atoms with E-state index in [1.165, 1.54) is 18.2 Å². The zero-order chi connectivity index (χ0) is 17.4. The van der Waals surface area contributed by atoms with Gasteiger partial charge in [-0.2, -0.15) is 0 Å². The second-order valence-corrected chi connectivity index (χ2v) is 6.25. The molecular formula is C17H20FN3O2S. The fourth-order valence-electron chi connectivity index (χ4n) is 2.11. The molecule has 0 saturated heterocycles. The molecule has 2 aromatic rings. The first-order chi connectivity index (χ1) is 11.6. The van der Waals surface area contributed by atoms with Crippen molar-refractivity contribution in [1.29, 1.82) is 0 Å². The smallest absolute Gasteiger partial charge is 0.238 e. The Labute approximate surface area is 144 Å². The number of halogens is 1. The number of hydrogen-bond acceptors (Lipinski definition) is 4. The summed E-state index contributed by atoms with van der Waals surface area (Å²) in [5, 5.41) is 7.41. The first kappa shape index (κ1) is 18.1. The molecule has 1 aromatic heterocycles. The molecule has 0 saturated carbocycles. The van der Waals surface area contributed by atoms with Gasteiger partial charge < -0.3 is 10.6 Å². The first-order valence-corrected chi connectivity index (χ1v) is 8.51. The maximum Gasteiger partial charge on any atom is 0.238 e. The molecule has 0 atom stereocenters. The third-order valence-corrected chi connectivity index (χ3v) is 4.21. The van der Waals surface area contributed by atoms with Crippen LogP contribution in [0, 0.1) is 5.82 Å². The minimum atomic E-state index is -0.409. The highest BCUT2D eigenvalue weighted by atomic mass is 32.1. The van der Waals surface area contributed by atoms with Gasteiger partial charge in [-0.15, -0.1) is 11.3 Å². The standard InChI is InChI=1S/C17H20FN3O2S/c1-2-21(11-16(22)19-10-15-7-4-8-24-15)12-17(23)20-14-6-3-5-13(18)9-14/h3-9H,2,10-12H2,1H3,(H,19,22)(H,20,23). The van der Waals surface area contributed by atoms with Crippen molar-refractivity contribution in [3.05, 3.63) is 52.5 Å². The highest BCUT2D eigenvalue weighted by Gasteiger charge is 2.13. The average molecular weight is 349 g/mol. The van der Waals surface area contributed by atoms with Gasteiger partial charge in [-0.3, -0.25) is 14.5 Å². The molecule has 0 unspecified atom stereocenters. The molecule has 2 N–H and O–H groups in total. The Bertz CT molecular complexity index is 676. The summed E-state index contributed by atoms with van der Waals surface area (Å²) in [5.41, 5.74) is 0.401. The van der Waals surface area contributed by atoms with E-state index in [1.54, 1.807) is 22.3 Å². The average Bonchev–Trinajstić information content (AvgIpc) is 3.05. The number of thiophene rings is 1. The summed E-state index contributed by atoms with van der Waals surface area (Å²) in [7, 11) is 0. The largest absolute Gasteiger partial charge is 0.350 e. The van der Waals surface area contributed by atoms with Gasteiger partial charge in [-0.25, -0.2) is 4.39 Å². The highest BCUT2D eigenvalue weighted by molar-refractivity contribution is 7.09. The summed E-state index contributed by atoms with van der Waals surface area (Å²) in [5.74, 6) is -0.828. The van der Waals surface area contributed by atoms with Gasteiger partial charge in [0.25, 0.3) is 0 Å². The number of hydrogen-bond donors (Lipinski definition) is 2. The summed E-state index contributed by atoms with van der Waals surface area (Å²) in [4.78, 5) is 26.8. The molecule has 24 heavy (non-hydrogen) atoms. The number of anilines is 1. The van der Waals surface area contributed by atoms with Crippen LogP contribution in [0.2, 0.25) is 0 Å². The summed E-state index contributed by atoms with van der Waals surface area (Å²) in [6, 6.07) is 9.59. The highest BCUT2D eigenvalue weighted by Crippen LogP contribution is 2.09. The summed E-state index contributed by atoms with van der Waals surface area (Å²) < 4.78 is 13.1. The van der Waals surface area contributed by atoms with Gasteiger partial charge >= 0.3 is 0 Å². The molecule has 7 heteroatoms. The van der Waals surface area contributed by atoms with Gasteiger partial charge in [0, 0.05) is 10.6 Å². The van der Waals surface area contributed by atoms with Crippen LogP contribution in [0.25, 0.3) is 0 Å². The number of carbonyl (C=O) groups is 2. The Morgan fingerprint density at radius 3 is 2.62 bits per heavy atom. The van der Waals surface area contributed by atoms with E-state index in [2.05, 4.69) is 10.6 Å². The Morgan fingerprint density at radius 2 is 1.96 bits per heavy atom. The molecule has 0 fully saturated rings. The maximum atomic E-state index is 13.1. The van der Waals surface area contributed by atoms with Gasteiger partial charge in [-0.1, -0.05) is 19.1 Å². The number of amides is 2. The van der Waals surface area contributed by atoms with Crippen LogP contribution in [0.1, 0.15) is 11.8 Å². The molecule has 0 bridgehead atoms. The number of rotatable bonds is 8. The Kier molecular flexibility index (Phi) is 6.89. The van der Waals surface area contributed by atoms with Crippen molar-refractivity contribution in [2.75, 3.05) is 25.0 Å². The molecule has 0 spiro atoms. The maximum absolute atomic E-state index is 13.1. The number of nitrogens with one attached hydrogen (secondary N) is 2. The van der Waals surface area contributed by atoms with E-state index in [0.29, 0.717) is 18.8 Å². The molecule has 0 radical (unpaired) electrons. The van der Waals surface area contributed by atoms with E-state index in [0.717, 1.165) is 4.88 Å². The van der Waals surface area contributed by atoms with E-state index >= 15 is 0 Å². The van der Waals surface area contributed by atoms with Crippen molar-refractivity contribution in [3.8, 4) is 0 Å². The lowest BCUT2D eigenvalue weighted by atomic mass is 10.3. The Morgan fingerprint density at radius 1 is 1.17 bits per heavy atom. The topological polar surface area (TPSA) is 61.4 Å². The number of likely N-dealkylation sites (N-methyl/N-ethyl adjacent to an activating group) is 1. The second-order valence-electron chi connectivity index (χ2n) is 5.22. The van der Waals surface area contributed by atoms with Crippen molar-refractivity contribution in [3.63, 3.8) is 0 Å². The third-order valence-electron chi connectivity index (χ3n) is 3.33. The third kappa shape index (κ3) is 6.10. The monoisotopic (exact) mass is 349 g/mol. The van der Waals surface area contributed by atoms with Gasteiger partial charge in [0.15, 0.2) is 0 Å². The molecule has 1 aromatic carbocycles. The predicted molar refractivity (Wildman–Crippen MR) is 93.3 cm³/mol. The molecule has 5 nitrogen and oxygen atoms in total. The van der Waals surface area contributed by atoms with E-state index < -0.39 is 5.82 Å². The molecule has 128 valence electrons. The van der Waals surface area contributed by atoms with Gasteiger partial charge in [0.05, 0.1) is 19.6 Å². The molecule has 0 aliphatic heterocycles. The predicted octanol–water partition coefficient (Wildman–Crippen LogP) is 2.46. The lowest BCUT2D eigenvalue weighted by Crippen LogP contribution is -2.40. The molecular weight excluding hydrogens is 329 g/mol. The first-order valence-electron chi connectivity index (χ1n) is 7.63. The van der Waals surface area contributed by atoms with Crippen molar-refractivity contribution < 1.29 is 14.0 Å². The van der Waals surface area contributed by atoms with Gasteiger partial charge in [0.1, 0.15) is 5.82 Å². The fourth-order valence-corrected chi connectivity index (χ4v) is 2.75. The lowest BCUT2D eigenvalue weighted by molar-refractivity contribution is -0.123. The number of carbonyl (C=O) groups excluding carboxylic acids is 2. The van der Waals surface area contributed by atoms with Crippen LogP contribution in [0.3, 0.4) is 0 Å². The quantitative estimate of drug-likeness (QED) is 0.770. The van der Waals surface area contributed by atoms with Gasteiger partial charge in [0.2, 0.25) is 11.8 Å². The van der Waals surface area contributed by atoms with Crippen LogP contribution in [0.15, 0.2) is 41.8 Å². The zero-order valence-corrected chi connectivity index (χ0v) is 14.2. The Balaban J connectivity index is 1.78. The van der Waals surface area contributed by atoms with Gasteiger partial charge in [-0.05, 0) is 36.2 Å². The molecule has 2 rings (SSSR count). The van der Waals surface area contributed by atoms with Crippen LogP contribution in [0.5, 0.6) is 0 Å². The minimum absolute atomic E-state index is 0.0689. The SMILES string of the molecule is CCN(CC(=O)NCc1cccs1)CC(=O)Nc1cccc(F)c1. The molecule has 0 aliphatic carbocycles. The second kappa shape index (κ2) is 9.14. The van der Waals surface area contributed by atoms with Crippen LogP contribution >= 0.6 is 11.3 Å². The summed E-state index contributed by atoms with van der Waals surface area (Å²) in [6.45, 7) is 3.13. The normalized spacial score (nSPS) is 10.6. The molecule has 0 aliphatic rings. The van der Waals surface area contributed by atoms with Crippen LogP contribution < -0.4 is 10.6 Å². The van der Waals surface area contributed by atoms with Crippen LogP contribution in [-0.4, -0.2) is 36.3 Å². The van der Waals surface area contributed by atoms with Crippen molar-refractivity contribution in [2.24, 2.45) is 0 Å². The van der Waals surface area contributed by atoms with E-state index in [9.17, 15) is 14.0 Å². The number of nitrogens with zero attached hydrogens (tertiary/aromatic N) is 1. The Hall–Kier alpha value is -2.25. The minimum Gasteiger partial charge on any atom is -0.350 e. The summed E-state index contributed by atoms with van der Waals surface area (Å²) in [6.07, 6.45) is 0. The van der Waals surface area contributed by atoms with E-state index in [1.807, 2.05) is 24.4 Å². The van der Waals surface area contributed by atoms with Crippen molar-refractivity contribution in [2.45, 2.75) is 13.5 Å². The van der Waals surface area contributed by atoms with Crippen molar-refractivity contribution in [1.82, 2.24) is 10.2 Å². The fraction of sp³-hybridized carbons (Fsp3) is 0.294. The molecule has 2 amide bonds. The van der Waals surface area contributed by atoms with Crippen molar-refractivity contribution >= 4 is 28.8 Å². The van der Waals surface area contributed by atoms with Crippen LogP contribution in [-0.2, 0) is 16.1 Å². The van der Waals surface area contributed by atoms with Crippen LogP contribution in [0.4, 0.5) is 10.1 Å². The number of benzene rings is 1. The van der Waals surface area contributed by atoms with E-state index in [4.69, 9.17) is 0 Å². The molecule has 1 heterocycles. The summed E-state index contributed by atoms with van der Waals surface area (Å²) >= 11 is 1.58. The van der Waals surface area contributed by atoms with E-state index in [-0.39, 0.29) is 24.9 Å². The lowest BCUT2D eigenvalue weighted by Gasteiger charge is -2.19.